The molecule has 1 aromatic rings. The largest absolute Gasteiger partial charge is 0.493 e. The molecule has 5 heteroatoms. The summed E-state index contributed by atoms with van der Waals surface area (Å²) in [6.07, 6.45) is 2.03. The highest BCUT2D eigenvalue weighted by Crippen LogP contribution is 2.34. The third-order valence-electron chi connectivity index (χ3n) is 2.66. The highest BCUT2D eigenvalue weighted by atomic mass is 32.2. The highest BCUT2D eigenvalue weighted by Gasteiger charge is 2.14. The molecule has 19 heavy (non-hydrogen) atoms. The summed E-state index contributed by atoms with van der Waals surface area (Å²) in [5.41, 5.74) is 0.421. The fourth-order valence-corrected chi connectivity index (χ4v) is 2.35. The van der Waals surface area contributed by atoms with Gasteiger partial charge in [-0.05, 0) is 37.8 Å². The topological polar surface area (TPSA) is 50.7 Å². The van der Waals surface area contributed by atoms with Gasteiger partial charge in [0.1, 0.15) is 0 Å². The number of nitrogens with one attached hydrogen (secondary N) is 1. The molecule has 0 fully saturated rings. The number of methoxy groups -OCH3 is 2. The van der Waals surface area contributed by atoms with Crippen molar-refractivity contribution in [2.75, 3.05) is 27.0 Å². The van der Waals surface area contributed by atoms with E-state index >= 15 is 0 Å². The third-order valence-corrected chi connectivity index (χ3v) is 3.48. The van der Waals surface area contributed by atoms with Crippen LogP contribution in [-0.4, -0.2) is 37.7 Å². The number of hydrogen-bond acceptors (Lipinski definition) is 5. The molecule has 1 aromatic carbocycles. The Bertz CT molecular complexity index is 416. The summed E-state index contributed by atoms with van der Waals surface area (Å²) in [7, 11) is 3.26. The van der Waals surface area contributed by atoms with Crippen LogP contribution < -0.4 is 14.8 Å². The molecule has 0 aliphatic heterocycles. The van der Waals surface area contributed by atoms with Crippen molar-refractivity contribution in [3.8, 4) is 11.5 Å². The second kappa shape index (κ2) is 7.03. The van der Waals surface area contributed by atoms with Crippen LogP contribution in [0.1, 0.15) is 19.4 Å². The summed E-state index contributed by atoms with van der Waals surface area (Å²) in [6, 6.07) is 3.95. The van der Waals surface area contributed by atoms with Crippen molar-refractivity contribution in [3.63, 3.8) is 0 Å². The van der Waals surface area contributed by atoms with Crippen LogP contribution >= 0.6 is 11.8 Å². The summed E-state index contributed by atoms with van der Waals surface area (Å²) in [4.78, 5) is 1.14. The molecule has 0 amide bonds. The van der Waals surface area contributed by atoms with E-state index < -0.39 is 5.60 Å². The van der Waals surface area contributed by atoms with Crippen LogP contribution in [0, 0.1) is 0 Å². The molecule has 0 saturated heterocycles. The van der Waals surface area contributed by atoms with Crippen molar-refractivity contribution in [1.82, 2.24) is 5.32 Å². The predicted molar refractivity (Wildman–Crippen MR) is 79.3 cm³/mol. The molecule has 0 heterocycles. The second-order valence-corrected chi connectivity index (χ2v) is 5.78. The minimum absolute atomic E-state index is 0.537. The number of benzene rings is 1. The maximum absolute atomic E-state index is 9.69. The Hall–Kier alpha value is -0.910. The van der Waals surface area contributed by atoms with E-state index in [-0.39, 0.29) is 0 Å². The SMILES string of the molecule is COc1cc(CNCC(C)(C)O)c(SC)cc1OC. The number of hydrogen-bond donors (Lipinski definition) is 2. The molecule has 0 bridgehead atoms. The first-order valence-corrected chi connectivity index (χ1v) is 7.35. The number of aliphatic hydroxyl groups is 1. The van der Waals surface area contributed by atoms with Crippen molar-refractivity contribution in [1.29, 1.82) is 0 Å². The zero-order valence-electron chi connectivity index (χ0n) is 12.2. The van der Waals surface area contributed by atoms with E-state index in [4.69, 9.17) is 9.47 Å². The summed E-state index contributed by atoms with van der Waals surface area (Å²) in [5.74, 6) is 1.46. The molecule has 0 aromatic heterocycles. The Morgan fingerprint density at radius 3 is 2.26 bits per heavy atom. The molecule has 2 N–H and O–H groups in total. The number of rotatable bonds is 7. The number of thioether (sulfide) groups is 1. The van der Waals surface area contributed by atoms with Crippen molar-refractivity contribution < 1.29 is 14.6 Å². The van der Waals surface area contributed by atoms with Crippen molar-refractivity contribution in [2.45, 2.75) is 30.9 Å². The Labute approximate surface area is 119 Å². The molecule has 0 aliphatic carbocycles. The molecular weight excluding hydrogens is 262 g/mol. The Kier molecular flexibility index (Phi) is 5.97. The summed E-state index contributed by atoms with van der Waals surface area (Å²) in [6.45, 7) is 4.78. The first-order chi connectivity index (χ1) is 8.91. The molecule has 0 unspecified atom stereocenters. The number of ether oxygens (including phenoxy) is 2. The van der Waals surface area contributed by atoms with Gasteiger partial charge in [-0.2, -0.15) is 0 Å². The lowest BCUT2D eigenvalue weighted by molar-refractivity contribution is 0.0794. The van der Waals surface area contributed by atoms with Gasteiger partial charge < -0.3 is 19.9 Å². The summed E-state index contributed by atoms with van der Waals surface area (Å²) in [5, 5.41) is 12.9. The summed E-state index contributed by atoms with van der Waals surface area (Å²) >= 11 is 1.66. The van der Waals surface area contributed by atoms with E-state index in [1.807, 2.05) is 18.4 Å². The zero-order chi connectivity index (χ0) is 14.5. The monoisotopic (exact) mass is 285 g/mol. The van der Waals surface area contributed by atoms with Gasteiger partial charge in [0.15, 0.2) is 11.5 Å². The van der Waals surface area contributed by atoms with Gasteiger partial charge in [-0.1, -0.05) is 0 Å². The Balaban J connectivity index is 2.86. The smallest absolute Gasteiger partial charge is 0.161 e. The first-order valence-electron chi connectivity index (χ1n) is 6.13. The van der Waals surface area contributed by atoms with Gasteiger partial charge in [0.2, 0.25) is 0 Å². The minimum atomic E-state index is -0.712. The van der Waals surface area contributed by atoms with Gasteiger partial charge >= 0.3 is 0 Å². The summed E-state index contributed by atoms with van der Waals surface area (Å²) < 4.78 is 10.6. The van der Waals surface area contributed by atoms with Crippen molar-refractivity contribution in [3.05, 3.63) is 17.7 Å². The quantitative estimate of drug-likeness (QED) is 0.753. The molecule has 0 aliphatic rings. The van der Waals surface area contributed by atoms with E-state index in [1.165, 1.54) is 0 Å². The highest BCUT2D eigenvalue weighted by molar-refractivity contribution is 7.98. The molecule has 108 valence electrons. The van der Waals surface area contributed by atoms with Crippen LogP contribution in [0.25, 0.3) is 0 Å². The van der Waals surface area contributed by atoms with Crippen LogP contribution in [0.2, 0.25) is 0 Å². The second-order valence-electron chi connectivity index (χ2n) is 4.94. The van der Waals surface area contributed by atoms with Crippen LogP contribution in [0.3, 0.4) is 0 Å². The molecule has 0 spiro atoms. The predicted octanol–water partition coefficient (Wildman–Crippen LogP) is 2.29. The van der Waals surface area contributed by atoms with Crippen LogP contribution in [0.15, 0.2) is 17.0 Å². The van der Waals surface area contributed by atoms with Gasteiger partial charge in [0.25, 0.3) is 0 Å². The maximum atomic E-state index is 9.69. The van der Waals surface area contributed by atoms with E-state index in [1.54, 1.807) is 39.8 Å². The Morgan fingerprint density at radius 1 is 1.21 bits per heavy atom. The van der Waals surface area contributed by atoms with E-state index in [2.05, 4.69) is 5.32 Å². The third kappa shape index (κ3) is 4.93. The fraction of sp³-hybridized carbons (Fsp3) is 0.571. The molecule has 0 radical (unpaired) electrons. The van der Waals surface area contributed by atoms with Crippen molar-refractivity contribution >= 4 is 11.8 Å². The molecule has 4 nitrogen and oxygen atoms in total. The van der Waals surface area contributed by atoms with E-state index in [9.17, 15) is 5.11 Å². The molecule has 1 rings (SSSR count). The lowest BCUT2D eigenvalue weighted by Crippen LogP contribution is -2.34. The van der Waals surface area contributed by atoms with E-state index in [0.29, 0.717) is 13.1 Å². The normalized spacial score (nSPS) is 11.5. The van der Waals surface area contributed by atoms with Gasteiger partial charge in [-0.3, -0.25) is 0 Å². The van der Waals surface area contributed by atoms with Crippen LogP contribution in [0.5, 0.6) is 11.5 Å². The molecule has 0 atom stereocenters. The van der Waals surface area contributed by atoms with Gasteiger partial charge in [-0.15, -0.1) is 11.8 Å². The van der Waals surface area contributed by atoms with Crippen LogP contribution in [-0.2, 0) is 6.54 Å². The Morgan fingerprint density at radius 2 is 1.79 bits per heavy atom. The van der Waals surface area contributed by atoms with Gasteiger partial charge in [0.05, 0.1) is 19.8 Å². The average molecular weight is 285 g/mol. The fourth-order valence-electron chi connectivity index (χ4n) is 1.73. The molecular formula is C14H23NO3S. The maximum Gasteiger partial charge on any atom is 0.161 e. The first kappa shape index (κ1) is 16.1. The molecule has 0 saturated carbocycles. The van der Waals surface area contributed by atoms with E-state index in [0.717, 1.165) is 22.0 Å². The van der Waals surface area contributed by atoms with Crippen LogP contribution in [0.4, 0.5) is 0 Å². The minimum Gasteiger partial charge on any atom is -0.493 e. The zero-order valence-corrected chi connectivity index (χ0v) is 13.1. The average Bonchev–Trinajstić information content (AvgIpc) is 2.36. The lowest BCUT2D eigenvalue weighted by atomic mass is 10.1. The van der Waals surface area contributed by atoms with Gasteiger partial charge in [0, 0.05) is 18.0 Å². The van der Waals surface area contributed by atoms with Gasteiger partial charge in [-0.25, -0.2) is 0 Å². The van der Waals surface area contributed by atoms with Crippen molar-refractivity contribution in [2.24, 2.45) is 0 Å². The lowest BCUT2D eigenvalue weighted by Gasteiger charge is -2.19. The standard InChI is InChI=1S/C14H23NO3S/c1-14(2,16)9-15-8-10-6-11(17-3)12(18-4)7-13(10)19-5/h6-7,15-16H,8-9H2,1-5H3.